The number of unbranched alkanes of at least 4 members (excludes halogenated alkanes) is 1. The van der Waals surface area contributed by atoms with Gasteiger partial charge in [-0.2, -0.15) is 0 Å². The molecule has 0 fully saturated rings. The Morgan fingerprint density at radius 3 is 2.79 bits per heavy atom. The van der Waals surface area contributed by atoms with Crippen LogP contribution in [0.25, 0.3) is 11.4 Å². The van der Waals surface area contributed by atoms with Gasteiger partial charge in [-0.05, 0) is 24.0 Å². The van der Waals surface area contributed by atoms with Crippen LogP contribution in [-0.4, -0.2) is 21.5 Å². The monoisotopic (exact) mass is 328 g/mol. The van der Waals surface area contributed by atoms with E-state index in [1.807, 2.05) is 57.4 Å². The van der Waals surface area contributed by atoms with Crippen LogP contribution in [0.2, 0.25) is 0 Å². The zero-order valence-corrected chi connectivity index (χ0v) is 15.0. The predicted octanol–water partition coefficient (Wildman–Crippen LogP) is 3.66. The molecule has 0 aliphatic heterocycles. The van der Waals surface area contributed by atoms with E-state index >= 15 is 0 Å². The summed E-state index contributed by atoms with van der Waals surface area (Å²) in [5.41, 5.74) is 7.47. The molecule has 1 aromatic carbocycles. The van der Waals surface area contributed by atoms with Gasteiger partial charge in [0.1, 0.15) is 5.82 Å². The van der Waals surface area contributed by atoms with Gasteiger partial charge in [0.15, 0.2) is 0 Å². The first-order chi connectivity index (χ1) is 11.3. The van der Waals surface area contributed by atoms with Crippen LogP contribution in [0.1, 0.15) is 40.5 Å². The fourth-order valence-electron chi connectivity index (χ4n) is 2.43. The quantitative estimate of drug-likeness (QED) is 0.850. The van der Waals surface area contributed by atoms with Crippen molar-refractivity contribution < 1.29 is 4.79 Å². The molecule has 0 bridgehead atoms. The molecule has 2 aromatic rings. The van der Waals surface area contributed by atoms with Crippen molar-refractivity contribution in [3.63, 3.8) is 0 Å². The molecule has 3 N–H and O–H groups in total. The first-order valence-corrected chi connectivity index (χ1v) is 8.51. The highest BCUT2D eigenvalue weighted by Gasteiger charge is 2.27. The highest BCUT2D eigenvalue weighted by Crippen LogP contribution is 2.23. The normalized spacial score (nSPS) is 12.9. The first-order valence-electron chi connectivity index (χ1n) is 8.51. The second kappa shape index (κ2) is 7.62. The van der Waals surface area contributed by atoms with Crippen molar-refractivity contribution in [1.82, 2.24) is 9.55 Å². The molecule has 1 atom stereocenters. The highest BCUT2D eigenvalue weighted by molar-refractivity contribution is 5.95. The number of aryl methyl sites for hydroxylation is 1. The minimum absolute atomic E-state index is 0.172. The van der Waals surface area contributed by atoms with E-state index in [0.717, 1.165) is 36.5 Å². The van der Waals surface area contributed by atoms with E-state index in [4.69, 9.17) is 5.73 Å². The number of nitrogens with two attached hydrogens (primary N) is 1. The van der Waals surface area contributed by atoms with Crippen LogP contribution in [0.4, 0.5) is 5.69 Å². The summed E-state index contributed by atoms with van der Waals surface area (Å²) in [4.78, 5) is 16.8. The van der Waals surface area contributed by atoms with Crippen LogP contribution in [0, 0.1) is 5.41 Å². The summed E-state index contributed by atoms with van der Waals surface area (Å²) in [7, 11) is 0. The number of amides is 1. The molecule has 2 rings (SSSR count). The van der Waals surface area contributed by atoms with Gasteiger partial charge in [-0.15, -0.1) is 0 Å². The Labute approximate surface area is 144 Å². The number of rotatable bonds is 6. The van der Waals surface area contributed by atoms with Crippen molar-refractivity contribution in [2.45, 2.75) is 53.1 Å². The molecule has 1 aromatic heterocycles. The number of nitrogens with one attached hydrogen (secondary N) is 1. The minimum atomic E-state index is -0.562. The Bertz CT molecular complexity index is 685. The van der Waals surface area contributed by atoms with Gasteiger partial charge in [0.25, 0.3) is 0 Å². The summed E-state index contributed by atoms with van der Waals surface area (Å²) in [5.74, 6) is 0.744. The van der Waals surface area contributed by atoms with Gasteiger partial charge in [-0.3, -0.25) is 4.79 Å². The molecule has 130 valence electrons. The van der Waals surface area contributed by atoms with E-state index in [-0.39, 0.29) is 11.3 Å². The van der Waals surface area contributed by atoms with Gasteiger partial charge in [0.05, 0.1) is 6.04 Å². The number of hydrogen-bond acceptors (Lipinski definition) is 3. The molecular weight excluding hydrogens is 300 g/mol. The van der Waals surface area contributed by atoms with E-state index in [2.05, 4.69) is 21.8 Å². The van der Waals surface area contributed by atoms with E-state index in [0.29, 0.717) is 0 Å². The molecule has 5 nitrogen and oxygen atoms in total. The van der Waals surface area contributed by atoms with Gasteiger partial charge in [-0.25, -0.2) is 4.98 Å². The lowest BCUT2D eigenvalue weighted by atomic mass is 9.87. The second-order valence-electron chi connectivity index (χ2n) is 7.21. The molecule has 24 heavy (non-hydrogen) atoms. The van der Waals surface area contributed by atoms with Crippen LogP contribution < -0.4 is 11.1 Å². The second-order valence-corrected chi connectivity index (χ2v) is 7.21. The summed E-state index contributed by atoms with van der Waals surface area (Å²) in [5, 5.41) is 2.91. The fourth-order valence-corrected chi connectivity index (χ4v) is 2.43. The van der Waals surface area contributed by atoms with Crippen LogP contribution in [0.15, 0.2) is 36.7 Å². The molecule has 5 heteroatoms. The average molecular weight is 328 g/mol. The van der Waals surface area contributed by atoms with Crippen molar-refractivity contribution in [2.75, 3.05) is 5.32 Å². The van der Waals surface area contributed by atoms with E-state index in [1.54, 1.807) is 0 Å². The molecule has 1 heterocycles. The number of carbonyl (C=O) groups is 1. The molecule has 0 aliphatic carbocycles. The Morgan fingerprint density at radius 2 is 2.12 bits per heavy atom. The minimum Gasteiger partial charge on any atom is -0.331 e. The molecule has 0 spiro atoms. The van der Waals surface area contributed by atoms with Crippen molar-refractivity contribution in [2.24, 2.45) is 11.1 Å². The summed E-state index contributed by atoms with van der Waals surface area (Å²) in [6.45, 7) is 8.98. The molecule has 0 radical (unpaired) electrons. The highest BCUT2D eigenvalue weighted by atomic mass is 16.2. The number of benzene rings is 1. The molecule has 0 unspecified atom stereocenters. The van der Waals surface area contributed by atoms with Gasteiger partial charge in [0, 0.05) is 30.2 Å². The maximum absolute atomic E-state index is 12.3. The SMILES string of the molecule is CCCCn1ccnc1-c1cccc(NC(=O)[C@@H](N)C(C)(C)C)c1. The lowest BCUT2D eigenvalue weighted by molar-refractivity contribution is -0.119. The third-order valence-electron chi connectivity index (χ3n) is 4.07. The first kappa shape index (κ1) is 18.2. The van der Waals surface area contributed by atoms with Crippen LogP contribution in [0.3, 0.4) is 0 Å². The Hall–Kier alpha value is -2.14. The zero-order chi connectivity index (χ0) is 17.7. The van der Waals surface area contributed by atoms with Gasteiger partial charge in [-0.1, -0.05) is 46.2 Å². The standard InChI is InChI=1S/C19H28N4O/c1-5-6-11-23-12-10-21-17(23)14-8-7-9-15(13-14)22-18(24)16(20)19(2,3)4/h7-10,12-13,16H,5-6,11,20H2,1-4H3,(H,22,24)/t16-/m1/s1. The molecule has 0 saturated carbocycles. The Balaban J connectivity index is 2.18. The number of hydrogen-bond donors (Lipinski definition) is 2. The van der Waals surface area contributed by atoms with E-state index in [9.17, 15) is 4.79 Å². The van der Waals surface area contributed by atoms with Gasteiger partial charge in [0.2, 0.25) is 5.91 Å². The van der Waals surface area contributed by atoms with Crippen molar-refractivity contribution in [3.05, 3.63) is 36.7 Å². The van der Waals surface area contributed by atoms with Crippen LogP contribution in [-0.2, 0) is 11.3 Å². The molecule has 0 saturated heterocycles. The number of nitrogens with zero attached hydrogens (tertiary/aromatic N) is 2. The number of imidazole rings is 1. The smallest absolute Gasteiger partial charge is 0.241 e. The number of anilines is 1. The summed E-state index contributed by atoms with van der Waals surface area (Å²) in [6, 6.07) is 7.18. The van der Waals surface area contributed by atoms with Crippen molar-refractivity contribution in [3.8, 4) is 11.4 Å². The molecular formula is C19H28N4O. The predicted molar refractivity (Wildman–Crippen MR) is 98.6 cm³/mol. The third kappa shape index (κ3) is 4.45. The van der Waals surface area contributed by atoms with Crippen LogP contribution >= 0.6 is 0 Å². The summed E-state index contributed by atoms with van der Waals surface area (Å²) in [6.07, 6.45) is 6.05. The topological polar surface area (TPSA) is 72.9 Å². The van der Waals surface area contributed by atoms with Crippen molar-refractivity contribution >= 4 is 11.6 Å². The van der Waals surface area contributed by atoms with Crippen LogP contribution in [0.5, 0.6) is 0 Å². The van der Waals surface area contributed by atoms with E-state index < -0.39 is 6.04 Å². The number of carbonyl (C=O) groups excluding carboxylic acids is 1. The fraction of sp³-hybridized carbons (Fsp3) is 0.474. The summed E-state index contributed by atoms with van der Waals surface area (Å²) >= 11 is 0. The molecule has 1 amide bonds. The zero-order valence-electron chi connectivity index (χ0n) is 15.0. The average Bonchev–Trinajstić information content (AvgIpc) is 3.00. The largest absolute Gasteiger partial charge is 0.331 e. The molecule has 0 aliphatic rings. The van der Waals surface area contributed by atoms with E-state index in [1.165, 1.54) is 0 Å². The Morgan fingerprint density at radius 1 is 1.38 bits per heavy atom. The number of aromatic nitrogens is 2. The lowest BCUT2D eigenvalue weighted by Crippen LogP contribution is -2.45. The summed E-state index contributed by atoms with van der Waals surface area (Å²) < 4.78 is 2.14. The lowest BCUT2D eigenvalue weighted by Gasteiger charge is -2.25. The third-order valence-corrected chi connectivity index (χ3v) is 4.07. The van der Waals surface area contributed by atoms with Gasteiger partial charge >= 0.3 is 0 Å². The maximum Gasteiger partial charge on any atom is 0.241 e. The van der Waals surface area contributed by atoms with Gasteiger partial charge < -0.3 is 15.6 Å². The Kier molecular flexibility index (Phi) is 5.78. The maximum atomic E-state index is 12.3. The van der Waals surface area contributed by atoms with Crippen molar-refractivity contribution in [1.29, 1.82) is 0 Å².